The van der Waals surface area contributed by atoms with Gasteiger partial charge in [-0.15, -0.1) is 0 Å². The number of rotatable bonds is 1. The summed E-state index contributed by atoms with van der Waals surface area (Å²) in [4.78, 5) is 11.8. The Balaban J connectivity index is 2.35. The van der Waals surface area contributed by atoms with Crippen LogP contribution < -0.4 is 10.6 Å². The zero-order valence-electron chi connectivity index (χ0n) is 8.58. The predicted molar refractivity (Wildman–Crippen MR) is 56.5 cm³/mol. The van der Waals surface area contributed by atoms with E-state index in [-0.39, 0.29) is 11.7 Å². The molecule has 2 rings (SSSR count). The molecule has 4 heteroatoms. The number of phenols is 1. The molecule has 4 nitrogen and oxygen atoms in total. The van der Waals surface area contributed by atoms with Crippen LogP contribution >= 0.6 is 0 Å². The predicted octanol–water partition coefficient (Wildman–Crippen LogP) is 0.327. The number of phenolic OH excluding ortho intramolecular Hbond substituents is 1. The van der Waals surface area contributed by atoms with Crippen molar-refractivity contribution in [3.8, 4) is 5.75 Å². The highest BCUT2D eigenvalue weighted by Crippen LogP contribution is 2.24. The van der Waals surface area contributed by atoms with E-state index in [9.17, 15) is 9.90 Å². The molecule has 0 aromatic heterocycles. The first-order valence-corrected chi connectivity index (χ1v) is 4.96. The van der Waals surface area contributed by atoms with Crippen molar-refractivity contribution in [1.82, 2.24) is 10.6 Å². The van der Waals surface area contributed by atoms with Gasteiger partial charge in [-0.05, 0) is 24.6 Å². The SMILES string of the molecule is CC1(c2ccc(O)cc2)NCCNC1=O. The van der Waals surface area contributed by atoms with Gasteiger partial charge in [-0.2, -0.15) is 0 Å². The molecule has 0 bridgehead atoms. The third-order valence-corrected chi connectivity index (χ3v) is 2.79. The maximum atomic E-state index is 11.8. The number of hydrogen-bond donors (Lipinski definition) is 3. The fourth-order valence-electron chi connectivity index (χ4n) is 1.77. The van der Waals surface area contributed by atoms with Gasteiger partial charge in [0.15, 0.2) is 0 Å². The van der Waals surface area contributed by atoms with Gasteiger partial charge in [0.1, 0.15) is 11.3 Å². The Labute approximate surface area is 88.3 Å². The van der Waals surface area contributed by atoms with E-state index in [4.69, 9.17) is 0 Å². The molecule has 0 saturated carbocycles. The van der Waals surface area contributed by atoms with Crippen LogP contribution in [0.2, 0.25) is 0 Å². The van der Waals surface area contributed by atoms with Crippen LogP contribution in [-0.2, 0) is 10.3 Å². The Morgan fingerprint density at radius 1 is 1.27 bits per heavy atom. The van der Waals surface area contributed by atoms with Gasteiger partial charge >= 0.3 is 0 Å². The van der Waals surface area contributed by atoms with Crippen LogP contribution in [0.5, 0.6) is 5.75 Å². The molecule has 0 radical (unpaired) electrons. The van der Waals surface area contributed by atoms with Crippen molar-refractivity contribution in [2.75, 3.05) is 13.1 Å². The molecule has 1 saturated heterocycles. The average Bonchev–Trinajstić information content (AvgIpc) is 2.23. The van der Waals surface area contributed by atoms with Crippen LogP contribution in [-0.4, -0.2) is 24.1 Å². The maximum Gasteiger partial charge on any atom is 0.244 e. The van der Waals surface area contributed by atoms with E-state index >= 15 is 0 Å². The summed E-state index contributed by atoms with van der Waals surface area (Å²) in [6, 6.07) is 6.69. The molecule has 1 amide bonds. The highest BCUT2D eigenvalue weighted by Gasteiger charge is 2.36. The van der Waals surface area contributed by atoms with E-state index in [1.165, 1.54) is 0 Å². The van der Waals surface area contributed by atoms with Gasteiger partial charge < -0.3 is 10.4 Å². The lowest BCUT2D eigenvalue weighted by atomic mass is 9.89. The molecule has 1 heterocycles. The van der Waals surface area contributed by atoms with E-state index in [2.05, 4.69) is 10.6 Å². The Kier molecular flexibility index (Phi) is 2.36. The molecule has 15 heavy (non-hydrogen) atoms. The van der Waals surface area contributed by atoms with Gasteiger partial charge in [-0.1, -0.05) is 12.1 Å². The molecule has 0 aliphatic carbocycles. The topological polar surface area (TPSA) is 61.4 Å². The normalized spacial score (nSPS) is 26.1. The van der Waals surface area contributed by atoms with Crippen LogP contribution in [0, 0.1) is 0 Å². The third kappa shape index (κ3) is 1.68. The fraction of sp³-hybridized carbons (Fsp3) is 0.364. The smallest absolute Gasteiger partial charge is 0.244 e. The number of benzene rings is 1. The molecular formula is C11H14N2O2. The highest BCUT2D eigenvalue weighted by atomic mass is 16.3. The van der Waals surface area contributed by atoms with Crippen LogP contribution in [0.25, 0.3) is 0 Å². The van der Waals surface area contributed by atoms with Gasteiger partial charge in [0.2, 0.25) is 5.91 Å². The molecule has 1 atom stereocenters. The summed E-state index contributed by atoms with van der Waals surface area (Å²) >= 11 is 0. The third-order valence-electron chi connectivity index (χ3n) is 2.79. The standard InChI is InChI=1S/C11H14N2O2/c1-11(10(15)12-6-7-13-11)8-2-4-9(14)5-3-8/h2-5,13-14H,6-7H2,1H3,(H,12,15). The summed E-state index contributed by atoms with van der Waals surface area (Å²) < 4.78 is 0. The molecule has 0 spiro atoms. The quantitative estimate of drug-likeness (QED) is 0.620. The summed E-state index contributed by atoms with van der Waals surface area (Å²) in [5, 5.41) is 15.2. The van der Waals surface area contributed by atoms with Crippen LogP contribution in [0.15, 0.2) is 24.3 Å². The van der Waals surface area contributed by atoms with Gasteiger partial charge in [-0.3, -0.25) is 10.1 Å². The summed E-state index contributed by atoms with van der Waals surface area (Å²) in [5.41, 5.74) is 0.170. The summed E-state index contributed by atoms with van der Waals surface area (Å²) in [6.07, 6.45) is 0. The Morgan fingerprint density at radius 3 is 2.53 bits per heavy atom. The Morgan fingerprint density at radius 2 is 1.93 bits per heavy atom. The molecular weight excluding hydrogens is 192 g/mol. The van der Waals surface area contributed by atoms with Crippen molar-refractivity contribution in [3.63, 3.8) is 0 Å². The van der Waals surface area contributed by atoms with Crippen molar-refractivity contribution in [2.24, 2.45) is 0 Å². The number of hydrogen-bond acceptors (Lipinski definition) is 3. The number of aromatic hydroxyl groups is 1. The van der Waals surface area contributed by atoms with Crippen molar-refractivity contribution < 1.29 is 9.90 Å². The first kappa shape index (κ1) is 9.98. The number of carbonyl (C=O) groups excluding carboxylic acids is 1. The lowest BCUT2D eigenvalue weighted by Crippen LogP contribution is -2.59. The van der Waals surface area contributed by atoms with Crippen molar-refractivity contribution >= 4 is 5.91 Å². The molecule has 1 fully saturated rings. The van der Waals surface area contributed by atoms with Crippen LogP contribution in [0.1, 0.15) is 12.5 Å². The summed E-state index contributed by atoms with van der Waals surface area (Å²) in [5.74, 6) is 0.179. The van der Waals surface area contributed by atoms with Gasteiger partial charge in [0, 0.05) is 13.1 Å². The fourth-order valence-corrected chi connectivity index (χ4v) is 1.77. The molecule has 1 unspecified atom stereocenters. The first-order chi connectivity index (χ1) is 7.13. The van der Waals surface area contributed by atoms with Crippen molar-refractivity contribution in [3.05, 3.63) is 29.8 Å². The summed E-state index contributed by atoms with van der Waals surface area (Å²) in [7, 11) is 0. The van der Waals surface area contributed by atoms with Crippen molar-refractivity contribution in [2.45, 2.75) is 12.5 Å². The lowest BCUT2D eigenvalue weighted by Gasteiger charge is -2.34. The molecule has 1 aliphatic heterocycles. The Bertz CT molecular complexity index is 375. The van der Waals surface area contributed by atoms with Crippen molar-refractivity contribution in [1.29, 1.82) is 0 Å². The second-order valence-corrected chi connectivity index (χ2v) is 3.85. The van der Waals surface area contributed by atoms with E-state index in [0.717, 1.165) is 12.1 Å². The van der Waals surface area contributed by atoms with E-state index < -0.39 is 5.54 Å². The number of nitrogens with one attached hydrogen (secondary N) is 2. The summed E-state index contributed by atoms with van der Waals surface area (Å²) in [6.45, 7) is 3.25. The van der Waals surface area contributed by atoms with E-state index in [1.807, 2.05) is 6.92 Å². The lowest BCUT2D eigenvalue weighted by molar-refractivity contribution is -0.128. The number of piperazine rings is 1. The molecule has 1 aliphatic rings. The monoisotopic (exact) mass is 206 g/mol. The second kappa shape index (κ2) is 3.55. The van der Waals surface area contributed by atoms with E-state index in [0.29, 0.717) is 6.54 Å². The second-order valence-electron chi connectivity index (χ2n) is 3.85. The number of carbonyl (C=O) groups is 1. The van der Waals surface area contributed by atoms with Crippen LogP contribution in [0.3, 0.4) is 0 Å². The number of amides is 1. The molecule has 1 aromatic rings. The molecule has 80 valence electrons. The first-order valence-electron chi connectivity index (χ1n) is 4.96. The minimum atomic E-state index is -0.689. The molecule has 3 N–H and O–H groups in total. The maximum absolute atomic E-state index is 11.8. The van der Waals surface area contributed by atoms with E-state index in [1.54, 1.807) is 24.3 Å². The minimum Gasteiger partial charge on any atom is -0.508 e. The zero-order chi connectivity index (χ0) is 10.9. The molecule has 1 aromatic carbocycles. The van der Waals surface area contributed by atoms with Gasteiger partial charge in [-0.25, -0.2) is 0 Å². The van der Waals surface area contributed by atoms with Crippen LogP contribution in [0.4, 0.5) is 0 Å². The average molecular weight is 206 g/mol. The van der Waals surface area contributed by atoms with Gasteiger partial charge in [0.25, 0.3) is 0 Å². The highest BCUT2D eigenvalue weighted by molar-refractivity contribution is 5.88. The Hall–Kier alpha value is -1.55. The largest absolute Gasteiger partial charge is 0.508 e. The van der Waals surface area contributed by atoms with Gasteiger partial charge in [0.05, 0.1) is 0 Å². The minimum absolute atomic E-state index is 0.0283. The zero-order valence-corrected chi connectivity index (χ0v) is 8.58.